The van der Waals surface area contributed by atoms with E-state index in [1.165, 1.54) is 19.1 Å². The maximum Gasteiger partial charge on any atom is 0.416 e. The Labute approximate surface area is 191 Å². The van der Waals surface area contributed by atoms with Gasteiger partial charge in [0.25, 0.3) is 0 Å². The molecule has 1 N–H and O–H groups in total. The van der Waals surface area contributed by atoms with Crippen LogP contribution in [0.15, 0.2) is 52.5 Å². The van der Waals surface area contributed by atoms with Crippen LogP contribution in [-0.2, 0) is 31.6 Å². The molecule has 0 heterocycles. The molecule has 0 amide bonds. The largest absolute Gasteiger partial charge is 0.416 e. The molecular weight excluding hydrogens is 492 g/mol. The van der Waals surface area contributed by atoms with Gasteiger partial charge in [-0.2, -0.15) is 34.8 Å². The molecule has 0 radical (unpaired) electrons. The van der Waals surface area contributed by atoms with E-state index in [0.29, 0.717) is 17.5 Å². The van der Waals surface area contributed by atoms with Crippen molar-refractivity contribution in [3.8, 4) is 0 Å². The van der Waals surface area contributed by atoms with Crippen molar-refractivity contribution in [2.45, 2.75) is 50.5 Å². The molecule has 188 valence electrons. The highest BCUT2D eigenvalue weighted by Gasteiger charge is 2.38. The minimum absolute atomic E-state index is 0.0202. The lowest BCUT2D eigenvalue weighted by Crippen LogP contribution is -2.14. The van der Waals surface area contributed by atoms with Crippen LogP contribution in [-0.4, -0.2) is 19.4 Å². The fourth-order valence-corrected chi connectivity index (χ4v) is 3.73. The van der Waals surface area contributed by atoms with Crippen molar-refractivity contribution in [2.75, 3.05) is 0 Å². The molecule has 0 saturated heterocycles. The van der Waals surface area contributed by atoms with E-state index >= 15 is 0 Å². The van der Waals surface area contributed by atoms with Gasteiger partial charge in [0.1, 0.15) is 11.0 Å². The van der Waals surface area contributed by atoms with Crippen LogP contribution in [0.25, 0.3) is 0 Å². The average molecular weight is 513 g/mol. The maximum atomic E-state index is 13.0. The van der Waals surface area contributed by atoms with E-state index < -0.39 is 44.6 Å². The Morgan fingerprint density at radius 2 is 1.50 bits per heavy atom. The first-order valence-corrected chi connectivity index (χ1v) is 11.2. The second kappa shape index (κ2) is 10.3. The highest BCUT2D eigenvalue weighted by Crippen LogP contribution is 2.37. The van der Waals surface area contributed by atoms with Gasteiger partial charge in [-0.25, -0.2) is 4.89 Å². The predicted molar refractivity (Wildman–Crippen MR) is 109 cm³/mol. The summed E-state index contributed by atoms with van der Waals surface area (Å²) in [6.45, 7) is 5.09. The molecule has 2 rings (SSSR count). The summed E-state index contributed by atoms with van der Waals surface area (Å²) >= 11 is 0. The highest BCUT2D eigenvalue weighted by atomic mass is 32.2. The highest BCUT2D eigenvalue weighted by molar-refractivity contribution is 7.86. The molecule has 13 heteroatoms. The van der Waals surface area contributed by atoms with Crippen molar-refractivity contribution in [1.29, 1.82) is 0 Å². The molecule has 0 spiro atoms. The van der Waals surface area contributed by atoms with Crippen LogP contribution in [0.4, 0.5) is 26.3 Å². The van der Waals surface area contributed by atoms with Gasteiger partial charge in [0.05, 0.1) is 16.8 Å². The Balaban J connectivity index is 2.34. The van der Waals surface area contributed by atoms with Gasteiger partial charge in [0.2, 0.25) is 0 Å². The first kappa shape index (κ1) is 27.6. The fourth-order valence-electron chi connectivity index (χ4n) is 2.89. The zero-order chi connectivity index (χ0) is 25.9. The summed E-state index contributed by atoms with van der Waals surface area (Å²) in [6, 6.07) is 6.05. The molecule has 2 atom stereocenters. The molecule has 0 aromatic heterocycles. The van der Waals surface area contributed by atoms with Crippen molar-refractivity contribution in [3.05, 3.63) is 64.7 Å². The van der Waals surface area contributed by atoms with E-state index in [-0.39, 0.29) is 29.8 Å². The van der Waals surface area contributed by atoms with Gasteiger partial charge in [0, 0.05) is 0 Å². The van der Waals surface area contributed by atoms with Crippen molar-refractivity contribution < 1.29 is 49.2 Å². The molecule has 2 aromatic carbocycles. The van der Waals surface area contributed by atoms with E-state index in [1.807, 2.05) is 13.8 Å². The first-order valence-electron chi connectivity index (χ1n) is 9.78. The molecule has 6 nitrogen and oxygen atoms in total. The molecule has 34 heavy (non-hydrogen) atoms. The van der Waals surface area contributed by atoms with Crippen molar-refractivity contribution in [3.63, 3.8) is 0 Å². The maximum absolute atomic E-state index is 13.0. The second-order valence-corrected chi connectivity index (χ2v) is 9.01. The molecule has 0 aliphatic rings. The Bertz CT molecular complexity index is 1100. The molecule has 0 aliphatic heterocycles. The first-order chi connectivity index (χ1) is 15.6. The van der Waals surface area contributed by atoms with E-state index in [2.05, 4.69) is 14.3 Å². The number of halogens is 6. The zero-order valence-electron chi connectivity index (χ0n) is 18.1. The summed E-state index contributed by atoms with van der Waals surface area (Å²) in [5.74, 6) is -0.0202. The van der Waals surface area contributed by atoms with E-state index in [0.717, 1.165) is 0 Å². The second-order valence-electron chi connectivity index (χ2n) is 7.48. The normalized spacial score (nSPS) is 15.2. The van der Waals surface area contributed by atoms with E-state index in [1.54, 1.807) is 12.1 Å². The summed E-state index contributed by atoms with van der Waals surface area (Å²) < 4.78 is 107. The minimum atomic E-state index is -5.22. The Hall–Kier alpha value is -2.64. The van der Waals surface area contributed by atoms with Gasteiger partial charge in [-0.15, -0.1) is 0 Å². The Morgan fingerprint density at radius 1 is 1.00 bits per heavy atom. The third-order valence-electron chi connectivity index (χ3n) is 5.05. The molecule has 0 saturated carbocycles. The number of nitrogens with zero attached hydrogens (tertiary/aromatic N) is 1. The molecule has 0 aliphatic carbocycles. The lowest BCUT2D eigenvalue weighted by atomic mass is 9.94. The molecule has 0 fully saturated rings. The molecule has 2 unspecified atom stereocenters. The summed E-state index contributed by atoms with van der Waals surface area (Å²) in [4.78, 5) is 3.15. The summed E-state index contributed by atoms with van der Waals surface area (Å²) in [5, 5.41) is 12.5. The van der Waals surface area contributed by atoms with Crippen LogP contribution < -0.4 is 0 Å². The zero-order valence-corrected chi connectivity index (χ0v) is 18.9. The molecule has 0 bridgehead atoms. The summed E-state index contributed by atoms with van der Waals surface area (Å²) in [6.07, 6.45) is -10.3. The SMILES string of the molecule is CCC(C)C(OO)c1ccc(/C(C)=N\OS(=O)(=O)c2cc(C(F)(F)F)cc(C(F)(F)F)c2)cc1. The van der Waals surface area contributed by atoms with Crippen molar-refractivity contribution in [2.24, 2.45) is 11.1 Å². The lowest BCUT2D eigenvalue weighted by Gasteiger charge is -2.20. The van der Waals surface area contributed by atoms with Gasteiger partial charge in [0.15, 0.2) is 0 Å². The van der Waals surface area contributed by atoms with Crippen LogP contribution in [0, 0.1) is 5.92 Å². The van der Waals surface area contributed by atoms with Crippen LogP contribution >= 0.6 is 0 Å². The smallest absolute Gasteiger partial charge is 0.265 e. The molecular formula is C21H21F6NO5S. The average Bonchev–Trinajstić information content (AvgIpc) is 2.76. The van der Waals surface area contributed by atoms with Crippen molar-refractivity contribution >= 4 is 15.8 Å². The lowest BCUT2D eigenvalue weighted by molar-refractivity contribution is -0.293. The number of oxime groups is 1. The van der Waals surface area contributed by atoms with Crippen LogP contribution in [0.3, 0.4) is 0 Å². The van der Waals surface area contributed by atoms with Gasteiger partial charge in [-0.1, -0.05) is 49.7 Å². The Morgan fingerprint density at radius 3 is 1.91 bits per heavy atom. The van der Waals surface area contributed by atoms with Crippen LogP contribution in [0.1, 0.15) is 55.5 Å². The van der Waals surface area contributed by atoms with Gasteiger partial charge in [-0.3, -0.25) is 9.54 Å². The summed E-state index contributed by atoms with van der Waals surface area (Å²) in [5.41, 5.74) is -2.67. The van der Waals surface area contributed by atoms with Crippen molar-refractivity contribution in [1.82, 2.24) is 0 Å². The topological polar surface area (TPSA) is 85.2 Å². The number of rotatable bonds is 8. The quantitative estimate of drug-likeness (QED) is 0.190. The van der Waals surface area contributed by atoms with Gasteiger partial charge in [-0.05, 0) is 42.2 Å². The monoisotopic (exact) mass is 513 g/mol. The van der Waals surface area contributed by atoms with Gasteiger partial charge < -0.3 is 0 Å². The number of hydrogen-bond acceptors (Lipinski definition) is 6. The number of benzene rings is 2. The number of alkyl halides is 6. The number of hydrogen-bond donors (Lipinski definition) is 1. The third kappa shape index (κ3) is 6.70. The minimum Gasteiger partial charge on any atom is -0.265 e. The predicted octanol–water partition coefficient (Wildman–Crippen LogP) is 6.43. The van der Waals surface area contributed by atoms with Crippen LogP contribution in [0.2, 0.25) is 0 Å². The third-order valence-corrected chi connectivity index (χ3v) is 6.14. The fraction of sp³-hybridized carbons (Fsp3) is 0.381. The summed E-state index contributed by atoms with van der Waals surface area (Å²) in [7, 11) is -5.11. The molecule has 2 aromatic rings. The van der Waals surface area contributed by atoms with E-state index in [9.17, 15) is 34.8 Å². The van der Waals surface area contributed by atoms with Crippen LogP contribution in [0.5, 0.6) is 0 Å². The van der Waals surface area contributed by atoms with Gasteiger partial charge >= 0.3 is 22.5 Å². The standard InChI is InChI=1S/C21H21F6NO5S/c1-4-12(2)19(32-29)15-7-5-14(6-8-15)13(3)28-33-34(30,31)18-10-16(20(22,23)24)9-17(11-18)21(25,26)27/h5-12,19,29H,4H2,1-3H3/b28-13-. The Kier molecular flexibility index (Phi) is 8.38. The van der Waals surface area contributed by atoms with E-state index in [4.69, 9.17) is 5.26 Å².